The molecule has 1 aliphatic rings. The zero-order chi connectivity index (χ0) is 16.7. The number of aromatic nitrogens is 1. The molecule has 1 amide bonds. The number of halogens is 1. The minimum atomic E-state index is -0.331. The first-order valence-electron chi connectivity index (χ1n) is 7.59. The van der Waals surface area contributed by atoms with Gasteiger partial charge in [-0.3, -0.25) is 4.79 Å². The number of ether oxygens (including phenoxy) is 2. The Hall–Kier alpha value is -3.02. The highest BCUT2D eigenvalue weighted by Gasteiger charge is 2.18. The van der Waals surface area contributed by atoms with E-state index in [-0.39, 0.29) is 24.6 Å². The molecule has 1 aromatic heterocycles. The Bertz CT molecular complexity index is 935. The number of aromatic amines is 1. The molecule has 2 heterocycles. The highest BCUT2D eigenvalue weighted by molar-refractivity contribution is 5.98. The highest BCUT2D eigenvalue weighted by Crippen LogP contribution is 2.34. The van der Waals surface area contributed by atoms with Gasteiger partial charge in [0.05, 0.1) is 6.04 Å². The molecule has 5 nitrogen and oxygen atoms in total. The lowest BCUT2D eigenvalue weighted by Crippen LogP contribution is -2.26. The Morgan fingerprint density at radius 1 is 1.17 bits per heavy atom. The van der Waals surface area contributed by atoms with Crippen LogP contribution in [0, 0.1) is 5.82 Å². The van der Waals surface area contributed by atoms with Crippen LogP contribution in [-0.4, -0.2) is 17.7 Å². The molecule has 0 saturated heterocycles. The number of benzene rings is 2. The maximum Gasteiger partial charge on any atom is 0.268 e. The molecular formula is C18H15FN2O3. The van der Waals surface area contributed by atoms with Crippen molar-refractivity contribution >= 4 is 16.8 Å². The second-order valence-corrected chi connectivity index (χ2v) is 5.72. The van der Waals surface area contributed by atoms with Crippen LogP contribution in [0.1, 0.15) is 29.0 Å². The van der Waals surface area contributed by atoms with Crippen molar-refractivity contribution in [3.05, 3.63) is 59.5 Å². The van der Waals surface area contributed by atoms with Gasteiger partial charge in [-0.2, -0.15) is 0 Å². The molecule has 0 fully saturated rings. The van der Waals surface area contributed by atoms with E-state index in [1.54, 1.807) is 12.1 Å². The second-order valence-electron chi connectivity index (χ2n) is 5.72. The van der Waals surface area contributed by atoms with E-state index < -0.39 is 0 Å². The molecule has 0 bridgehead atoms. The van der Waals surface area contributed by atoms with Gasteiger partial charge in [-0.1, -0.05) is 6.07 Å². The largest absolute Gasteiger partial charge is 0.454 e. The normalized spacial score (nSPS) is 13.9. The SMILES string of the molecule is CC(NC(=O)c1cc2cc(F)ccc2[nH]1)c1ccc2c(c1)OCO2. The number of amides is 1. The van der Waals surface area contributed by atoms with E-state index in [9.17, 15) is 9.18 Å². The van der Waals surface area contributed by atoms with E-state index in [0.717, 1.165) is 11.1 Å². The Balaban J connectivity index is 1.54. The molecule has 0 aliphatic carbocycles. The molecule has 0 radical (unpaired) electrons. The molecule has 24 heavy (non-hydrogen) atoms. The van der Waals surface area contributed by atoms with Gasteiger partial charge in [0.15, 0.2) is 11.5 Å². The van der Waals surface area contributed by atoms with E-state index in [2.05, 4.69) is 10.3 Å². The third-order valence-corrected chi connectivity index (χ3v) is 4.07. The predicted octanol–water partition coefficient (Wildman–Crippen LogP) is 3.53. The van der Waals surface area contributed by atoms with Crippen molar-refractivity contribution in [2.24, 2.45) is 0 Å². The summed E-state index contributed by atoms with van der Waals surface area (Å²) < 4.78 is 23.9. The van der Waals surface area contributed by atoms with Gasteiger partial charge in [-0.05, 0) is 48.9 Å². The molecule has 0 saturated carbocycles. The topological polar surface area (TPSA) is 63.4 Å². The van der Waals surface area contributed by atoms with Crippen molar-refractivity contribution in [1.29, 1.82) is 0 Å². The van der Waals surface area contributed by atoms with Crippen molar-refractivity contribution in [3.63, 3.8) is 0 Å². The van der Waals surface area contributed by atoms with E-state index in [0.29, 0.717) is 22.6 Å². The molecule has 1 atom stereocenters. The predicted molar refractivity (Wildman–Crippen MR) is 86.7 cm³/mol. The number of H-pyrrole nitrogens is 1. The van der Waals surface area contributed by atoms with Crippen LogP contribution in [0.2, 0.25) is 0 Å². The quantitative estimate of drug-likeness (QED) is 0.774. The van der Waals surface area contributed by atoms with Crippen molar-refractivity contribution in [2.75, 3.05) is 6.79 Å². The highest BCUT2D eigenvalue weighted by atomic mass is 19.1. The van der Waals surface area contributed by atoms with E-state index in [1.807, 2.05) is 25.1 Å². The van der Waals surface area contributed by atoms with Gasteiger partial charge in [0.25, 0.3) is 5.91 Å². The lowest BCUT2D eigenvalue weighted by Gasteiger charge is -2.14. The van der Waals surface area contributed by atoms with Crippen LogP contribution >= 0.6 is 0 Å². The summed E-state index contributed by atoms with van der Waals surface area (Å²) in [5.74, 6) is 0.795. The zero-order valence-corrected chi connectivity index (χ0v) is 12.9. The van der Waals surface area contributed by atoms with Crippen LogP contribution in [-0.2, 0) is 0 Å². The average molecular weight is 326 g/mol. The van der Waals surface area contributed by atoms with E-state index in [1.165, 1.54) is 12.1 Å². The molecule has 0 spiro atoms. The number of nitrogens with one attached hydrogen (secondary N) is 2. The van der Waals surface area contributed by atoms with Gasteiger partial charge in [0, 0.05) is 10.9 Å². The fourth-order valence-electron chi connectivity index (χ4n) is 2.77. The molecule has 6 heteroatoms. The second kappa shape index (κ2) is 5.56. The summed E-state index contributed by atoms with van der Waals surface area (Å²) in [7, 11) is 0. The maximum atomic E-state index is 13.3. The average Bonchev–Trinajstić information content (AvgIpc) is 3.19. The lowest BCUT2D eigenvalue weighted by atomic mass is 10.1. The molecule has 2 aromatic carbocycles. The van der Waals surface area contributed by atoms with Gasteiger partial charge in [-0.15, -0.1) is 0 Å². The van der Waals surface area contributed by atoms with E-state index >= 15 is 0 Å². The maximum absolute atomic E-state index is 13.3. The van der Waals surface area contributed by atoms with Gasteiger partial charge in [-0.25, -0.2) is 4.39 Å². The van der Waals surface area contributed by atoms with Crippen LogP contribution in [0.4, 0.5) is 4.39 Å². The standard InChI is InChI=1S/C18H15FN2O3/c1-10(11-2-5-16-17(8-11)24-9-23-16)20-18(22)15-7-12-6-13(19)3-4-14(12)21-15/h2-8,10,21H,9H2,1H3,(H,20,22). The van der Waals surface area contributed by atoms with Gasteiger partial charge < -0.3 is 19.8 Å². The Morgan fingerprint density at radius 2 is 2.00 bits per heavy atom. The first kappa shape index (κ1) is 14.6. The number of carbonyl (C=O) groups excluding carboxylic acids is 1. The first-order chi connectivity index (χ1) is 11.6. The minimum absolute atomic E-state index is 0.213. The third-order valence-electron chi connectivity index (χ3n) is 4.07. The van der Waals surface area contributed by atoms with Gasteiger partial charge in [0.2, 0.25) is 6.79 Å². The minimum Gasteiger partial charge on any atom is -0.454 e. The summed E-state index contributed by atoms with van der Waals surface area (Å²) >= 11 is 0. The Labute approximate surface area is 137 Å². The number of carbonyl (C=O) groups is 1. The molecule has 4 rings (SSSR count). The summed E-state index contributed by atoms with van der Waals surface area (Å²) in [6.45, 7) is 2.10. The zero-order valence-electron chi connectivity index (χ0n) is 12.9. The summed E-state index contributed by atoms with van der Waals surface area (Å²) in [5.41, 5.74) is 2.02. The number of fused-ring (bicyclic) bond motifs is 2. The summed E-state index contributed by atoms with van der Waals surface area (Å²) in [6, 6.07) is 11.4. The van der Waals surface area contributed by atoms with Crippen molar-refractivity contribution in [1.82, 2.24) is 10.3 Å². The molecular weight excluding hydrogens is 311 g/mol. The van der Waals surface area contributed by atoms with Crippen LogP contribution < -0.4 is 14.8 Å². The Morgan fingerprint density at radius 3 is 2.88 bits per heavy atom. The molecule has 1 aliphatic heterocycles. The lowest BCUT2D eigenvalue weighted by molar-refractivity contribution is 0.0935. The van der Waals surface area contributed by atoms with Crippen LogP contribution in [0.25, 0.3) is 10.9 Å². The van der Waals surface area contributed by atoms with Crippen LogP contribution in [0.15, 0.2) is 42.5 Å². The smallest absolute Gasteiger partial charge is 0.268 e. The van der Waals surface area contributed by atoms with Crippen molar-refractivity contribution < 1.29 is 18.7 Å². The third kappa shape index (κ3) is 2.56. The van der Waals surface area contributed by atoms with Gasteiger partial charge in [0.1, 0.15) is 11.5 Å². The van der Waals surface area contributed by atoms with Crippen LogP contribution in [0.5, 0.6) is 11.5 Å². The van der Waals surface area contributed by atoms with Crippen molar-refractivity contribution in [2.45, 2.75) is 13.0 Å². The summed E-state index contributed by atoms with van der Waals surface area (Å²) in [5, 5.41) is 3.58. The number of hydrogen-bond donors (Lipinski definition) is 2. The fraction of sp³-hybridized carbons (Fsp3) is 0.167. The molecule has 1 unspecified atom stereocenters. The fourth-order valence-corrected chi connectivity index (χ4v) is 2.77. The Kier molecular flexibility index (Phi) is 3.37. The summed E-state index contributed by atoms with van der Waals surface area (Å²) in [6.07, 6.45) is 0. The monoisotopic (exact) mass is 326 g/mol. The molecule has 2 N–H and O–H groups in total. The number of hydrogen-bond acceptors (Lipinski definition) is 3. The van der Waals surface area contributed by atoms with E-state index in [4.69, 9.17) is 9.47 Å². The van der Waals surface area contributed by atoms with Gasteiger partial charge >= 0.3 is 0 Å². The summed E-state index contributed by atoms with van der Waals surface area (Å²) in [4.78, 5) is 15.4. The van der Waals surface area contributed by atoms with Crippen LogP contribution in [0.3, 0.4) is 0 Å². The number of rotatable bonds is 3. The molecule has 3 aromatic rings. The van der Waals surface area contributed by atoms with Crippen molar-refractivity contribution in [3.8, 4) is 11.5 Å². The first-order valence-corrected chi connectivity index (χ1v) is 7.59. The molecule has 122 valence electrons.